The first-order chi connectivity index (χ1) is 8.11. The topological polar surface area (TPSA) is 46.3 Å². The largest absolute Gasteiger partial charge is 0.398 e. The molecule has 1 aromatic rings. The zero-order valence-corrected chi connectivity index (χ0v) is 10.7. The van der Waals surface area contributed by atoms with Gasteiger partial charge in [-0.3, -0.25) is 4.79 Å². The average molecular weight is 253 g/mol. The maximum Gasteiger partial charge on any atom is 0.253 e. The fraction of sp³-hybridized carbons (Fsp3) is 0.462. The van der Waals surface area contributed by atoms with Crippen LogP contribution in [-0.4, -0.2) is 23.9 Å². The average Bonchev–Trinajstić information content (AvgIpc) is 3.12. The van der Waals surface area contributed by atoms with Crippen molar-refractivity contribution in [3.63, 3.8) is 0 Å². The molecule has 0 aromatic heterocycles. The molecular formula is C13H17ClN2O. The molecule has 0 unspecified atom stereocenters. The van der Waals surface area contributed by atoms with Crippen LogP contribution in [0.5, 0.6) is 0 Å². The summed E-state index contributed by atoms with van der Waals surface area (Å²) in [6.07, 6.45) is 2.49. The third kappa shape index (κ3) is 2.91. The van der Waals surface area contributed by atoms with Gasteiger partial charge in [0.1, 0.15) is 0 Å². The smallest absolute Gasteiger partial charge is 0.253 e. The molecule has 1 aliphatic carbocycles. The van der Waals surface area contributed by atoms with Gasteiger partial charge in [-0.25, -0.2) is 0 Å². The quantitative estimate of drug-likeness (QED) is 0.838. The van der Waals surface area contributed by atoms with Gasteiger partial charge in [0, 0.05) is 18.7 Å². The number of nitrogens with two attached hydrogens (primary N) is 1. The van der Waals surface area contributed by atoms with Crippen molar-refractivity contribution in [2.45, 2.75) is 19.8 Å². The second kappa shape index (κ2) is 4.96. The molecule has 0 radical (unpaired) electrons. The molecule has 2 rings (SSSR count). The number of benzene rings is 1. The highest BCUT2D eigenvalue weighted by atomic mass is 35.5. The number of carbonyl (C=O) groups excluding carboxylic acids is 1. The van der Waals surface area contributed by atoms with Crippen LogP contribution >= 0.6 is 11.6 Å². The highest BCUT2D eigenvalue weighted by molar-refractivity contribution is 6.33. The highest BCUT2D eigenvalue weighted by Gasteiger charge is 2.26. The van der Waals surface area contributed by atoms with Gasteiger partial charge < -0.3 is 10.6 Å². The minimum atomic E-state index is 0.0442. The van der Waals surface area contributed by atoms with Crippen molar-refractivity contribution in [1.82, 2.24) is 4.90 Å². The van der Waals surface area contributed by atoms with Crippen LogP contribution in [0.15, 0.2) is 18.2 Å². The van der Waals surface area contributed by atoms with Crippen LogP contribution in [0.3, 0.4) is 0 Å². The Kier molecular flexibility index (Phi) is 3.57. The molecule has 0 aliphatic heterocycles. The van der Waals surface area contributed by atoms with E-state index in [0.717, 1.165) is 13.1 Å². The predicted octanol–water partition coefficient (Wildman–Crippen LogP) is 2.79. The Labute approximate surface area is 107 Å². The van der Waals surface area contributed by atoms with Crippen LogP contribution in [-0.2, 0) is 0 Å². The van der Waals surface area contributed by atoms with Gasteiger partial charge in [0.15, 0.2) is 0 Å². The number of hydrogen-bond donors (Lipinski definition) is 1. The SMILES string of the molecule is CCN(CC1CC1)C(=O)c1ccc(Cl)c(N)c1. The fourth-order valence-corrected chi connectivity index (χ4v) is 1.94. The Morgan fingerprint density at radius 3 is 2.76 bits per heavy atom. The number of anilines is 1. The van der Waals surface area contributed by atoms with Gasteiger partial charge in [0.05, 0.1) is 10.7 Å². The van der Waals surface area contributed by atoms with E-state index in [0.29, 0.717) is 22.2 Å². The van der Waals surface area contributed by atoms with Crippen molar-refractivity contribution in [3.05, 3.63) is 28.8 Å². The van der Waals surface area contributed by atoms with Crippen LogP contribution in [0.4, 0.5) is 5.69 Å². The van der Waals surface area contributed by atoms with E-state index in [9.17, 15) is 4.79 Å². The summed E-state index contributed by atoms with van der Waals surface area (Å²) in [5.74, 6) is 0.742. The van der Waals surface area contributed by atoms with Gasteiger partial charge in [-0.1, -0.05) is 11.6 Å². The number of rotatable bonds is 4. The summed E-state index contributed by atoms with van der Waals surface area (Å²) in [6.45, 7) is 3.59. The second-order valence-electron chi connectivity index (χ2n) is 4.52. The molecule has 0 bridgehead atoms. The lowest BCUT2D eigenvalue weighted by atomic mass is 10.1. The van der Waals surface area contributed by atoms with Crippen molar-refractivity contribution in [2.75, 3.05) is 18.8 Å². The van der Waals surface area contributed by atoms with Gasteiger partial charge in [-0.05, 0) is 43.9 Å². The van der Waals surface area contributed by atoms with Gasteiger partial charge in [-0.2, -0.15) is 0 Å². The first-order valence-electron chi connectivity index (χ1n) is 5.96. The lowest BCUT2D eigenvalue weighted by Gasteiger charge is -2.21. The van der Waals surface area contributed by atoms with Gasteiger partial charge in [0.25, 0.3) is 5.91 Å². The summed E-state index contributed by atoms with van der Waals surface area (Å²) < 4.78 is 0. The molecule has 1 amide bonds. The number of nitrogen functional groups attached to an aromatic ring is 1. The molecule has 0 atom stereocenters. The molecule has 1 aromatic carbocycles. The molecular weight excluding hydrogens is 236 g/mol. The van der Waals surface area contributed by atoms with Crippen LogP contribution in [0, 0.1) is 5.92 Å². The Hall–Kier alpha value is -1.22. The van der Waals surface area contributed by atoms with Crippen molar-refractivity contribution in [2.24, 2.45) is 5.92 Å². The number of carbonyl (C=O) groups is 1. The standard InChI is InChI=1S/C13H17ClN2O/c1-2-16(8-9-3-4-9)13(17)10-5-6-11(14)12(15)7-10/h5-7,9H,2-4,8,15H2,1H3. The predicted molar refractivity (Wildman–Crippen MR) is 70.2 cm³/mol. The van der Waals surface area contributed by atoms with E-state index in [-0.39, 0.29) is 5.91 Å². The van der Waals surface area contributed by atoms with E-state index in [2.05, 4.69) is 0 Å². The van der Waals surface area contributed by atoms with Crippen LogP contribution in [0.1, 0.15) is 30.1 Å². The van der Waals surface area contributed by atoms with Crippen LogP contribution < -0.4 is 5.73 Å². The third-order valence-electron chi connectivity index (χ3n) is 3.09. The van der Waals surface area contributed by atoms with Crippen molar-refractivity contribution >= 4 is 23.2 Å². The molecule has 3 nitrogen and oxygen atoms in total. The van der Waals surface area contributed by atoms with E-state index < -0.39 is 0 Å². The Bertz CT molecular complexity index is 429. The second-order valence-corrected chi connectivity index (χ2v) is 4.93. The Balaban J connectivity index is 2.12. The van der Waals surface area contributed by atoms with Crippen molar-refractivity contribution in [1.29, 1.82) is 0 Å². The van der Waals surface area contributed by atoms with E-state index >= 15 is 0 Å². The van der Waals surface area contributed by atoms with Gasteiger partial charge in [0.2, 0.25) is 0 Å². The highest BCUT2D eigenvalue weighted by Crippen LogP contribution is 2.30. The zero-order valence-electron chi connectivity index (χ0n) is 9.95. The van der Waals surface area contributed by atoms with Crippen molar-refractivity contribution in [3.8, 4) is 0 Å². The number of hydrogen-bond acceptors (Lipinski definition) is 2. The first kappa shape index (κ1) is 12.2. The zero-order chi connectivity index (χ0) is 12.4. The summed E-state index contributed by atoms with van der Waals surface area (Å²) in [5, 5.41) is 0.492. The summed E-state index contributed by atoms with van der Waals surface area (Å²) in [7, 11) is 0. The Morgan fingerprint density at radius 1 is 1.53 bits per heavy atom. The fourth-order valence-electron chi connectivity index (χ4n) is 1.83. The number of halogens is 1. The van der Waals surface area contributed by atoms with Crippen LogP contribution in [0.25, 0.3) is 0 Å². The van der Waals surface area contributed by atoms with Crippen molar-refractivity contribution < 1.29 is 4.79 Å². The van der Waals surface area contributed by atoms with Gasteiger partial charge in [-0.15, -0.1) is 0 Å². The monoisotopic (exact) mass is 252 g/mol. The summed E-state index contributed by atoms with van der Waals surface area (Å²) in [6, 6.07) is 5.06. The van der Waals surface area contributed by atoms with Gasteiger partial charge >= 0.3 is 0 Å². The lowest BCUT2D eigenvalue weighted by molar-refractivity contribution is 0.0757. The van der Waals surface area contributed by atoms with E-state index in [4.69, 9.17) is 17.3 Å². The molecule has 2 N–H and O–H groups in total. The molecule has 1 aliphatic rings. The van der Waals surface area contributed by atoms with E-state index in [1.54, 1.807) is 18.2 Å². The van der Waals surface area contributed by atoms with E-state index in [1.807, 2.05) is 11.8 Å². The summed E-state index contributed by atoms with van der Waals surface area (Å²) >= 11 is 5.84. The minimum absolute atomic E-state index is 0.0442. The molecule has 1 fully saturated rings. The molecule has 4 heteroatoms. The Morgan fingerprint density at radius 2 is 2.24 bits per heavy atom. The van der Waals surface area contributed by atoms with E-state index in [1.165, 1.54) is 12.8 Å². The lowest BCUT2D eigenvalue weighted by Crippen LogP contribution is -2.32. The summed E-state index contributed by atoms with van der Waals surface area (Å²) in [4.78, 5) is 14.1. The molecule has 0 saturated heterocycles. The maximum atomic E-state index is 12.2. The normalized spacial score (nSPS) is 14.7. The molecule has 1 saturated carbocycles. The molecule has 0 spiro atoms. The number of nitrogens with zero attached hydrogens (tertiary/aromatic N) is 1. The minimum Gasteiger partial charge on any atom is -0.398 e. The molecule has 0 heterocycles. The summed E-state index contributed by atoms with van der Waals surface area (Å²) in [5.41, 5.74) is 6.79. The first-order valence-corrected chi connectivity index (χ1v) is 6.34. The number of amides is 1. The van der Waals surface area contributed by atoms with Crippen LogP contribution in [0.2, 0.25) is 5.02 Å². The third-order valence-corrected chi connectivity index (χ3v) is 3.43. The maximum absolute atomic E-state index is 12.2. The molecule has 92 valence electrons. The molecule has 17 heavy (non-hydrogen) atoms.